The van der Waals surface area contributed by atoms with Crippen molar-refractivity contribution < 1.29 is 19.1 Å². The lowest BCUT2D eigenvalue weighted by atomic mass is 9.92. The maximum Gasteiger partial charge on any atom is 0.255 e. The maximum atomic E-state index is 12.9. The molecule has 3 aromatic rings. The average Bonchev–Trinajstić information content (AvgIpc) is 3.09. The number of para-hydroxylation sites is 1. The van der Waals surface area contributed by atoms with Crippen LogP contribution < -0.4 is 4.74 Å². The molecular weight excluding hydrogens is 380 g/mol. The van der Waals surface area contributed by atoms with Gasteiger partial charge in [-0.15, -0.1) is 0 Å². The second-order valence-corrected chi connectivity index (χ2v) is 7.78. The van der Waals surface area contributed by atoms with Crippen LogP contribution in [0.15, 0.2) is 54.7 Å². The van der Waals surface area contributed by atoms with E-state index in [1.54, 1.807) is 23.2 Å². The van der Waals surface area contributed by atoms with E-state index in [0.717, 1.165) is 22.0 Å². The number of benzene rings is 2. The summed E-state index contributed by atoms with van der Waals surface area (Å²) in [5.41, 5.74) is 3.22. The first-order chi connectivity index (χ1) is 14.6. The number of rotatable bonds is 4. The van der Waals surface area contributed by atoms with Crippen LogP contribution in [0.1, 0.15) is 40.7 Å². The molecule has 1 saturated carbocycles. The Balaban J connectivity index is 1.36. The van der Waals surface area contributed by atoms with E-state index < -0.39 is 6.04 Å². The Morgan fingerprint density at radius 3 is 2.80 bits per heavy atom. The number of Topliss-reactive ketones (excluding diaryl/α,β-unsaturated/α-hetero) is 2. The van der Waals surface area contributed by atoms with Crippen molar-refractivity contribution in [3.63, 3.8) is 0 Å². The van der Waals surface area contributed by atoms with E-state index in [9.17, 15) is 14.4 Å². The van der Waals surface area contributed by atoms with Gasteiger partial charge in [-0.1, -0.05) is 24.3 Å². The lowest BCUT2D eigenvalue weighted by Gasteiger charge is -2.29. The second kappa shape index (κ2) is 7.37. The van der Waals surface area contributed by atoms with Crippen molar-refractivity contribution in [3.8, 4) is 5.75 Å². The van der Waals surface area contributed by atoms with Gasteiger partial charge in [0.1, 0.15) is 18.1 Å². The minimum Gasteiger partial charge on any atom is -0.488 e. The third-order valence-electron chi connectivity index (χ3n) is 5.81. The minimum atomic E-state index is -0.528. The summed E-state index contributed by atoms with van der Waals surface area (Å²) in [5, 5.41) is 1.05. The van der Waals surface area contributed by atoms with Gasteiger partial charge in [-0.05, 0) is 30.7 Å². The van der Waals surface area contributed by atoms with Gasteiger partial charge in [0.2, 0.25) is 0 Å². The van der Waals surface area contributed by atoms with E-state index in [1.165, 1.54) is 0 Å². The number of carbonyl (C=O) groups is 3. The summed E-state index contributed by atoms with van der Waals surface area (Å²) in [6.07, 6.45) is 2.45. The van der Waals surface area contributed by atoms with E-state index >= 15 is 0 Å². The van der Waals surface area contributed by atoms with Crippen LogP contribution in [0.2, 0.25) is 0 Å². The van der Waals surface area contributed by atoms with Crippen LogP contribution in [0.25, 0.3) is 10.9 Å². The van der Waals surface area contributed by atoms with Crippen LogP contribution in [0.5, 0.6) is 5.75 Å². The zero-order valence-electron chi connectivity index (χ0n) is 16.3. The highest BCUT2D eigenvalue weighted by Crippen LogP contribution is 2.34. The molecule has 1 amide bonds. The highest BCUT2D eigenvalue weighted by atomic mass is 16.5. The molecule has 150 valence electrons. The van der Waals surface area contributed by atoms with E-state index in [2.05, 4.69) is 4.98 Å². The second-order valence-electron chi connectivity index (χ2n) is 7.78. The molecular formula is C24H20N2O4. The molecule has 1 aliphatic heterocycles. The minimum absolute atomic E-state index is 0.0478. The van der Waals surface area contributed by atoms with Crippen LogP contribution in [-0.4, -0.2) is 33.4 Å². The van der Waals surface area contributed by atoms with Gasteiger partial charge in [0.15, 0.2) is 5.78 Å². The lowest BCUT2D eigenvalue weighted by Crippen LogP contribution is -2.44. The molecule has 0 saturated heterocycles. The standard InChI is InChI=1S/C24H20N2O4/c27-17-8-9-21(22(28)11-17)26-13-19-18(24(26)29)5-3-7-23(19)30-14-15-10-16-4-1-2-6-20(16)25-12-15/h1-7,10,12,21H,8-9,11,13-14H2. The maximum absolute atomic E-state index is 12.9. The predicted octanol–water partition coefficient (Wildman–Crippen LogP) is 3.46. The monoisotopic (exact) mass is 400 g/mol. The van der Waals surface area contributed by atoms with Gasteiger partial charge in [0, 0.05) is 34.7 Å². The van der Waals surface area contributed by atoms with Crippen LogP contribution >= 0.6 is 0 Å². The normalized spacial score (nSPS) is 18.7. The molecule has 1 aromatic heterocycles. The highest BCUT2D eigenvalue weighted by molar-refractivity contribution is 6.07. The fourth-order valence-corrected chi connectivity index (χ4v) is 4.26. The van der Waals surface area contributed by atoms with Crippen LogP contribution in [0.4, 0.5) is 0 Å². The summed E-state index contributed by atoms with van der Waals surface area (Å²) >= 11 is 0. The van der Waals surface area contributed by atoms with Crippen molar-refractivity contribution in [3.05, 3.63) is 71.4 Å². The van der Waals surface area contributed by atoms with E-state index in [1.807, 2.05) is 36.4 Å². The van der Waals surface area contributed by atoms with Crippen LogP contribution in [0.3, 0.4) is 0 Å². The summed E-state index contributed by atoms with van der Waals surface area (Å²) in [7, 11) is 0. The Hall–Kier alpha value is -3.54. The molecule has 5 rings (SSSR count). The number of ether oxygens (including phenoxy) is 1. The SMILES string of the molecule is O=C1CCC(N2Cc3c(OCc4cnc5ccccc5c4)cccc3C2=O)C(=O)C1. The molecule has 1 unspecified atom stereocenters. The van der Waals surface area contributed by atoms with Gasteiger partial charge in [-0.3, -0.25) is 19.4 Å². The number of fused-ring (bicyclic) bond motifs is 2. The summed E-state index contributed by atoms with van der Waals surface area (Å²) < 4.78 is 6.05. The van der Waals surface area contributed by atoms with Crippen molar-refractivity contribution in [2.45, 2.75) is 38.5 Å². The fourth-order valence-electron chi connectivity index (χ4n) is 4.26. The number of nitrogens with zero attached hydrogens (tertiary/aromatic N) is 2. The van der Waals surface area contributed by atoms with Gasteiger partial charge >= 0.3 is 0 Å². The van der Waals surface area contributed by atoms with E-state index in [4.69, 9.17) is 4.74 Å². The molecule has 0 bridgehead atoms. The Kier molecular flexibility index (Phi) is 4.54. The number of hydrogen-bond donors (Lipinski definition) is 0. The van der Waals surface area contributed by atoms with Crippen LogP contribution in [0, 0.1) is 0 Å². The largest absolute Gasteiger partial charge is 0.488 e. The predicted molar refractivity (Wildman–Crippen MR) is 110 cm³/mol. The van der Waals surface area contributed by atoms with Crippen molar-refractivity contribution in [1.82, 2.24) is 9.88 Å². The topological polar surface area (TPSA) is 76.6 Å². The third kappa shape index (κ3) is 3.24. The van der Waals surface area contributed by atoms with Crippen molar-refractivity contribution >= 4 is 28.4 Å². The van der Waals surface area contributed by atoms with Crippen molar-refractivity contribution in [1.29, 1.82) is 0 Å². The van der Waals surface area contributed by atoms with Gasteiger partial charge in [0.05, 0.1) is 24.5 Å². The number of amides is 1. The number of carbonyl (C=O) groups excluding carboxylic acids is 3. The number of aromatic nitrogens is 1. The highest BCUT2D eigenvalue weighted by Gasteiger charge is 2.39. The Morgan fingerprint density at radius 2 is 1.93 bits per heavy atom. The van der Waals surface area contributed by atoms with Crippen molar-refractivity contribution in [2.24, 2.45) is 0 Å². The molecule has 6 nitrogen and oxygen atoms in total. The quantitative estimate of drug-likeness (QED) is 0.627. The molecule has 1 fully saturated rings. The molecule has 6 heteroatoms. The first kappa shape index (κ1) is 18.5. The lowest BCUT2D eigenvalue weighted by molar-refractivity contribution is -0.133. The first-order valence-electron chi connectivity index (χ1n) is 10.0. The fraction of sp³-hybridized carbons (Fsp3) is 0.250. The summed E-state index contributed by atoms with van der Waals surface area (Å²) in [6, 6.07) is 14.8. The smallest absolute Gasteiger partial charge is 0.255 e. The van der Waals surface area contributed by atoms with Crippen molar-refractivity contribution in [2.75, 3.05) is 0 Å². The summed E-state index contributed by atoms with van der Waals surface area (Å²) in [4.78, 5) is 42.8. The molecule has 2 aromatic carbocycles. The summed E-state index contributed by atoms with van der Waals surface area (Å²) in [5.74, 6) is 0.247. The van der Waals surface area contributed by atoms with Crippen LogP contribution in [-0.2, 0) is 22.7 Å². The molecule has 2 heterocycles. The van der Waals surface area contributed by atoms with E-state index in [0.29, 0.717) is 37.3 Å². The zero-order chi connectivity index (χ0) is 20.7. The van der Waals surface area contributed by atoms with Gasteiger partial charge in [-0.25, -0.2) is 0 Å². The van der Waals surface area contributed by atoms with Gasteiger partial charge in [0.25, 0.3) is 5.91 Å². The molecule has 1 aliphatic carbocycles. The zero-order valence-corrected chi connectivity index (χ0v) is 16.3. The molecule has 0 N–H and O–H groups in total. The van der Waals surface area contributed by atoms with Gasteiger partial charge < -0.3 is 9.64 Å². The number of pyridine rings is 1. The number of hydrogen-bond acceptors (Lipinski definition) is 5. The van der Waals surface area contributed by atoms with E-state index in [-0.39, 0.29) is 23.9 Å². The summed E-state index contributed by atoms with van der Waals surface area (Å²) in [6.45, 7) is 0.657. The number of ketones is 2. The Labute approximate surface area is 173 Å². The first-order valence-corrected chi connectivity index (χ1v) is 10.0. The molecule has 30 heavy (non-hydrogen) atoms. The molecule has 0 spiro atoms. The molecule has 0 radical (unpaired) electrons. The average molecular weight is 400 g/mol. The Morgan fingerprint density at radius 1 is 1.07 bits per heavy atom. The molecule has 1 atom stereocenters. The molecule has 2 aliphatic rings. The third-order valence-corrected chi connectivity index (χ3v) is 5.81. The van der Waals surface area contributed by atoms with Gasteiger partial charge in [-0.2, -0.15) is 0 Å². The Bertz CT molecular complexity index is 1190.